The van der Waals surface area contributed by atoms with Gasteiger partial charge in [0.05, 0.1) is 24.7 Å². The van der Waals surface area contributed by atoms with Gasteiger partial charge in [0.25, 0.3) is 11.8 Å². The fourth-order valence-corrected chi connectivity index (χ4v) is 4.01. The summed E-state index contributed by atoms with van der Waals surface area (Å²) in [6.07, 6.45) is 0.538. The molecule has 1 unspecified atom stereocenters. The van der Waals surface area contributed by atoms with Crippen LogP contribution in [0, 0.1) is 0 Å². The number of rotatable bonds is 3. The van der Waals surface area contributed by atoms with Crippen LogP contribution in [0.1, 0.15) is 16.8 Å². The van der Waals surface area contributed by atoms with E-state index in [2.05, 4.69) is 28.8 Å². The van der Waals surface area contributed by atoms with Crippen LogP contribution in [0.3, 0.4) is 0 Å². The monoisotopic (exact) mass is 392 g/mol. The SMILES string of the molecule is O=C(c1ccc(-c2ccc3c(c2)NCN3)cc1)N1CCN(C(=O)C2CCO2)CC1. The molecular formula is C22H24N4O3. The quantitative estimate of drug-likeness (QED) is 0.838. The maximum Gasteiger partial charge on any atom is 0.253 e. The minimum absolute atomic E-state index is 0.0170. The predicted molar refractivity (Wildman–Crippen MR) is 111 cm³/mol. The van der Waals surface area contributed by atoms with Gasteiger partial charge in [-0.1, -0.05) is 18.2 Å². The molecule has 7 heteroatoms. The molecule has 0 saturated carbocycles. The van der Waals surface area contributed by atoms with Gasteiger partial charge in [0.2, 0.25) is 0 Å². The second-order valence-electron chi connectivity index (χ2n) is 7.63. The molecule has 29 heavy (non-hydrogen) atoms. The average Bonchev–Trinajstić information content (AvgIpc) is 3.20. The highest BCUT2D eigenvalue weighted by atomic mass is 16.5. The first-order valence-corrected chi connectivity index (χ1v) is 10.1. The van der Waals surface area contributed by atoms with E-state index in [1.165, 1.54) is 0 Å². The number of benzene rings is 2. The lowest BCUT2D eigenvalue weighted by molar-refractivity contribution is -0.157. The summed E-state index contributed by atoms with van der Waals surface area (Å²) in [5.74, 6) is 0.0788. The van der Waals surface area contributed by atoms with Crippen LogP contribution < -0.4 is 10.6 Å². The fraction of sp³-hybridized carbons (Fsp3) is 0.364. The summed E-state index contributed by atoms with van der Waals surface area (Å²) in [6, 6.07) is 14.0. The topological polar surface area (TPSA) is 73.9 Å². The van der Waals surface area contributed by atoms with Crippen molar-refractivity contribution < 1.29 is 14.3 Å². The third kappa shape index (κ3) is 3.42. The van der Waals surface area contributed by atoms with Gasteiger partial charge < -0.3 is 25.2 Å². The Morgan fingerprint density at radius 1 is 0.862 bits per heavy atom. The van der Waals surface area contributed by atoms with E-state index >= 15 is 0 Å². The van der Waals surface area contributed by atoms with Crippen LogP contribution >= 0.6 is 0 Å². The largest absolute Gasteiger partial charge is 0.368 e. The summed E-state index contributed by atoms with van der Waals surface area (Å²) in [5.41, 5.74) is 5.08. The molecule has 150 valence electrons. The molecule has 1 atom stereocenters. The maximum atomic E-state index is 12.9. The molecule has 2 saturated heterocycles. The van der Waals surface area contributed by atoms with E-state index < -0.39 is 0 Å². The Morgan fingerprint density at radius 2 is 1.52 bits per heavy atom. The number of carbonyl (C=O) groups is 2. The van der Waals surface area contributed by atoms with Crippen LogP contribution in [0.15, 0.2) is 42.5 Å². The summed E-state index contributed by atoms with van der Waals surface area (Å²) in [7, 11) is 0. The predicted octanol–water partition coefficient (Wildman–Crippen LogP) is 2.22. The van der Waals surface area contributed by atoms with Gasteiger partial charge in [-0.2, -0.15) is 0 Å². The van der Waals surface area contributed by atoms with Crippen LogP contribution in [-0.4, -0.2) is 67.2 Å². The van der Waals surface area contributed by atoms with Crippen molar-refractivity contribution in [1.82, 2.24) is 9.80 Å². The molecule has 0 aliphatic carbocycles. The molecule has 3 aliphatic heterocycles. The van der Waals surface area contributed by atoms with Gasteiger partial charge in [0, 0.05) is 38.2 Å². The summed E-state index contributed by atoms with van der Waals surface area (Å²) >= 11 is 0. The number of carbonyl (C=O) groups excluding carboxylic acids is 2. The van der Waals surface area contributed by atoms with Crippen molar-refractivity contribution >= 4 is 23.2 Å². The number of anilines is 2. The second-order valence-corrected chi connectivity index (χ2v) is 7.63. The Balaban J connectivity index is 1.22. The molecule has 0 bridgehead atoms. The molecule has 0 radical (unpaired) electrons. The normalized spacial score (nSPS) is 20.3. The lowest BCUT2D eigenvalue weighted by Crippen LogP contribution is -2.54. The lowest BCUT2D eigenvalue weighted by atomic mass is 10.0. The Bertz CT molecular complexity index is 932. The first-order chi connectivity index (χ1) is 14.2. The number of ether oxygens (including phenoxy) is 1. The van der Waals surface area contributed by atoms with Crippen molar-refractivity contribution in [3.63, 3.8) is 0 Å². The van der Waals surface area contributed by atoms with Gasteiger partial charge in [-0.3, -0.25) is 9.59 Å². The first-order valence-electron chi connectivity index (χ1n) is 10.1. The van der Waals surface area contributed by atoms with E-state index in [9.17, 15) is 9.59 Å². The Morgan fingerprint density at radius 3 is 2.21 bits per heavy atom. The lowest BCUT2D eigenvalue weighted by Gasteiger charge is -2.38. The summed E-state index contributed by atoms with van der Waals surface area (Å²) in [4.78, 5) is 28.8. The van der Waals surface area contributed by atoms with Crippen LogP contribution in [0.2, 0.25) is 0 Å². The second kappa shape index (κ2) is 7.40. The van der Waals surface area contributed by atoms with Gasteiger partial charge in [-0.15, -0.1) is 0 Å². The van der Waals surface area contributed by atoms with E-state index in [-0.39, 0.29) is 17.9 Å². The molecule has 3 aliphatic rings. The molecular weight excluding hydrogens is 368 g/mol. The van der Waals surface area contributed by atoms with Crippen molar-refractivity contribution in [2.75, 3.05) is 50.1 Å². The number of nitrogens with zero attached hydrogens (tertiary/aromatic N) is 2. The van der Waals surface area contributed by atoms with Crippen molar-refractivity contribution in [1.29, 1.82) is 0 Å². The summed E-state index contributed by atoms with van der Waals surface area (Å²) in [5, 5.41) is 6.57. The average molecular weight is 392 g/mol. The van der Waals surface area contributed by atoms with E-state index in [0.717, 1.165) is 35.6 Å². The zero-order chi connectivity index (χ0) is 19.8. The molecule has 0 spiro atoms. The fourth-order valence-electron chi connectivity index (χ4n) is 4.01. The molecule has 5 rings (SSSR count). The third-order valence-corrected chi connectivity index (χ3v) is 5.90. The van der Waals surface area contributed by atoms with Crippen molar-refractivity contribution in [2.45, 2.75) is 12.5 Å². The Labute approximate surface area is 169 Å². The van der Waals surface area contributed by atoms with Gasteiger partial charge in [-0.25, -0.2) is 0 Å². The van der Waals surface area contributed by atoms with Crippen LogP contribution in [0.25, 0.3) is 11.1 Å². The highest BCUT2D eigenvalue weighted by Gasteiger charge is 2.33. The van der Waals surface area contributed by atoms with Crippen molar-refractivity contribution in [2.24, 2.45) is 0 Å². The minimum Gasteiger partial charge on any atom is -0.368 e. The molecule has 2 amide bonds. The van der Waals surface area contributed by atoms with E-state index in [0.29, 0.717) is 38.3 Å². The van der Waals surface area contributed by atoms with Gasteiger partial charge in [0.15, 0.2) is 0 Å². The third-order valence-electron chi connectivity index (χ3n) is 5.90. The highest BCUT2D eigenvalue weighted by Crippen LogP contribution is 2.31. The first kappa shape index (κ1) is 18.0. The molecule has 2 aromatic rings. The van der Waals surface area contributed by atoms with E-state index in [4.69, 9.17) is 4.74 Å². The molecule has 0 aromatic heterocycles. The molecule has 2 N–H and O–H groups in total. The summed E-state index contributed by atoms with van der Waals surface area (Å²) in [6.45, 7) is 3.67. The number of hydrogen-bond donors (Lipinski definition) is 2. The number of piperazine rings is 1. The zero-order valence-electron chi connectivity index (χ0n) is 16.2. The standard InChI is InChI=1S/C22H24N4O3/c27-21(25-8-10-26(11-9-25)22(28)20-7-12-29-20)16-3-1-15(2-4-16)17-5-6-18-19(13-17)24-14-23-18/h1-6,13,20,23-24H,7-12,14H2. The van der Waals surface area contributed by atoms with Crippen LogP contribution in [-0.2, 0) is 9.53 Å². The van der Waals surface area contributed by atoms with Crippen molar-refractivity contribution in [3.8, 4) is 11.1 Å². The van der Waals surface area contributed by atoms with Crippen LogP contribution in [0.5, 0.6) is 0 Å². The molecule has 2 aromatic carbocycles. The Hall–Kier alpha value is -3.06. The number of fused-ring (bicyclic) bond motifs is 1. The van der Waals surface area contributed by atoms with Crippen LogP contribution in [0.4, 0.5) is 11.4 Å². The highest BCUT2D eigenvalue weighted by molar-refractivity contribution is 5.95. The number of nitrogens with one attached hydrogen (secondary N) is 2. The maximum absolute atomic E-state index is 12.9. The van der Waals surface area contributed by atoms with Gasteiger partial charge in [0.1, 0.15) is 6.10 Å². The van der Waals surface area contributed by atoms with E-state index in [1.807, 2.05) is 34.1 Å². The smallest absolute Gasteiger partial charge is 0.253 e. The molecule has 2 fully saturated rings. The van der Waals surface area contributed by atoms with E-state index in [1.54, 1.807) is 0 Å². The van der Waals surface area contributed by atoms with Gasteiger partial charge >= 0.3 is 0 Å². The molecule has 3 heterocycles. The number of hydrogen-bond acceptors (Lipinski definition) is 5. The Kier molecular flexibility index (Phi) is 4.60. The molecule has 7 nitrogen and oxygen atoms in total. The zero-order valence-corrected chi connectivity index (χ0v) is 16.2. The van der Waals surface area contributed by atoms with Gasteiger partial charge in [-0.05, 0) is 35.4 Å². The summed E-state index contributed by atoms with van der Waals surface area (Å²) < 4.78 is 5.28. The minimum atomic E-state index is -0.269. The number of amides is 2. The van der Waals surface area contributed by atoms with Crippen molar-refractivity contribution in [3.05, 3.63) is 48.0 Å².